The molecule has 1 aliphatic carbocycles. The van der Waals surface area contributed by atoms with Crippen LogP contribution in [-0.2, 0) is 6.42 Å². The van der Waals surface area contributed by atoms with E-state index in [4.69, 9.17) is 16.3 Å². The van der Waals surface area contributed by atoms with Gasteiger partial charge >= 0.3 is 0 Å². The highest BCUT2D eigenvalue weighted by Crippen LogP contribution is 2.32. The lowest BCUT2D eigenvalue weighted by atomic mass is 9.89. The second kappa shape index (κ2) is 4.90. The Labute approximate surface area is 110 Å². The first-order valence-electron chi connectivity index (χ1n) is 5.92. The van der Waals surface area contributed by atoms with Gasteiger partial charge in [0, 0.05) is 0 Å². The molecule has 0 N–H and O–H groups in total. The number of aromatic nitrogens is 3. The molecule has 0 fully saturated rings. The lowest BCUT2D eigenvalue weighted by molar-refractivity contribution is 0.174. The fourth-order valence-electron chi connectivity index (χ4n) is 2.30. The number of fused-ring (bicyclic) bond motifs is 1. The summed E-state index contributed by atoms with van der Waals surface area (Å²) in [5.41, 5.74) is 2.58. The van der Waals surface area contributed by atoms with Crippen molar-refractivity contribution in [3.8, 4) is 5.88 Å². The van der Waals surface area contributed by atoms with E-state index in [9.17, 15) is 0 Å². The quantitative estimate of drug-likeness (QED) is 0.834. The first-order valence-corrected chi connectivity index (χ1v) is 6.30. The molecule has 92 valence electrons. The maximum absolute atomic E-state index is 5.86. The van der Waals surface area contributed by atoms with Crippen molar-refractivity contribution in [2.45, 2.75) is 25.4 Å². The monoisotopic (exact) mass is 261 g/mol. The van der Waals surface area contributed by atoms with Crippen LogP contribution in [0.4, 0.5) is 0 Å². The molecule has 1 aliphatic rings. The molecule has 1 unspecified atom stereocenters. The smallest absolute Gasteiger partial charge is 0.246 e. The summed E-state index contributed by atoms with van der Waals surface area (Å²) in [6, 6.07) is 8.35. The Balaban J connectivity index is 1.86. The van der Waals surface area contributed by atoms with Crippen molar-refractivity contribution in [2.24, 2.45) is 0 Å². The molecule has 0 amide bonds. The van der Waals surface area contributed by atoms with Crippen LogP contribution in [0.2, 0.25) is 5.28 Å². The van der Waals surface area contributed by atoms with Gasteiger partial charge in [-0.1, -0.05) is 24.3 Å². The highest BCUT2D eigenvalue weighted by molar-refractivity contribution is 6.28. The number of halogens is 1. The van der Waals surface area contributed by atoms with E-state index in [2.05, 4.69) is 33.4 Å². The van der Waals surface area contributed by atoms with Crippen molar-refractivity contribution >= 4 is 11.6 Å². The Bertz CT molecular complexity index is 561. The third kappa shape index (κ3) is 2.29. The predicted molar refractivity (Wildman–Crippen MR) is 67.6 cm³/mol. The Hall–Kier alpha value is -1.68. The average Bonchev–Trinajstić information content (AvgIpc) is 2.39. The van der Waals surface area contributed by atoms with E-state index < -0.39 is 0 Å². The van der Waals surface area contributed by atoms with Gasteiger partial charge in [0.25, 0.3) is 0 Å². The van der Waals surface area contributed by atoms with E-state index in [1.165, 1.54) is 17.3 Å². The van der Waals surface area contributed by atoms with Crippen molar-refractivity contribution < 1.29 is 4.74 Å². The van der Waals surface area contributed by atoms with Crippen LogP contribution in [0.25, 0.3) is 0 Å². The minimum Gasteiger partial charge on any atom is -0.468 e. The summed E-state index contributed by atoms with van der Waals surface area (Å²) in [7, 11) is 0. The number of benzene rings is 1. The largest absolute Gasteiger partial charge is 0.468 e. The summed E-state index contributed by atoms with van der Waals surface area (Å²) in [4.78, 5) is 4.01. The third-order valence-electron chi connectivity index (χ3n) is 3.09. The maximum Gasteiger partial charge on any atom is 0.246 e. The van der Waals surface area contributed by atoms with E-state index in [1.807, 2.05) is 6.07 Å². The second-order valence-corrected chi connectivity index (χ2v) is 4.60. The summed E-state index contributed by atoms with van der Waals surface area (Å²) in [6.07, 6.45) is 4.73. The van der Waals surface area contributed by atoms with Gasteiger partial charge in [0.15, 0.2) is 0 Å². The standard InChI is InChI=1S/C13H12ClN3O/c14-13-16-12(8-15-17-13)18-11-7-3-5-9-4-1-2-6-10(9)11/h1-2,4,6,8,11H,3,5,7H2. The van der Waals surface area contributed by atoms with Crippen molar-refractivity contribution in [1.29, 1.82) is 0 Å². The van der Waals surface area contributed by atoms with Gasteiger partial charge in [0.05, 0.1) is 0 Å². The minimum absolute atomic E-state index is 0.0303. The number of ether oxygens (including phenoxy) is 1. The molecule has 5 heteroatoms. The lowest BCUT2D eigenvalue weighted by Gasteiger charge is -2.25. The number of nitrogens with zero attached hydrogens (tertiary/aromatic N) is 3. The third-order valence-corrected chi connectivity index (χ3v) is 3.25. The van der Waals surface area contributed by atoms with Crippen LogP contribution in [0, 0.1) is 0 Å². The summed E-state index contributed by atoms with van der Waals surface area (Å²) in [5.74, 6) is 0.428. The van der Waals surface area contributed by atoms with Gasteiger partial charge in [-0.05, 0) is 42.0 Å². The first-order chi connectivity index (χ1) is 8.83. The van der Waals surface area contributed by atoms with Gasteiger partial charge in [-0.3, -0.25) is 0 Å². The Morgan fingerprint density at radius 1 is 1.28 bits per heavy atom. The van der Waals surface area contributed by atoms with Crippen molar-refractivity contribution in [1.82, 2.24) is 15.2 Å². The number of hydrogen-bond donors (Lipinski definition) is 0. The first kappa shape index (κ1) is 11.4. The Kier molecular flexibility index (Phi) is 3.11. The van der Waals surface area contributed by atoms with Crippen molar-refractivity contribution in [2.75, 3.05) is 0 Å². The predicted octanol–water partition coefficient (Wildman–Crippen LogP) is 2.98. The molecule has 1 atom stereocenters. The number of rotatable bonds is 2. The Morgan fingerprint density at radius 2 is 2.17 bits per heavy atom. The van der Waals surface area contributed by atoms with Crippen LogP contribution in [0.3, 0.4) is 0 Å². The number of hydrogen-bond acceptors (Lipinski definition) is 4. The lowest BCUT2D eigenvalue weighted by Crippen LogP contribution is -2.15. The molecule has 3 rings (SSSR count). The molecule has 0 saturated carbocycles. The SMILES string of the molecule is Clc1nncc(OC2CCCc3ccccc32)n1. The Morgan fingerprint density at radius 3 is 3.06 bits per heavy atom. The molecule has 1 aromatic carbocycles. The molecule has 0 radical (unpaired) electrons. The van der Waals surface area contributed by atoms with Gasteiger partial charge in [0.1, 0.15) is 12.3 Å². The van der Waals surface area contributed by atoms with E-state index in [0.717, 1.165) is 19.3 Å². The zero-order valence-corrected chi connectivity index (χ0v) is 10.5. The van der Waals surface area contributed by atoms with Crippen molar-refractivity contribution in [3.05, 3.63) is 46.9 Å². The van der Waals surface area contributed by atoms with E-state index in [0.29, 0.717) is 5.88 Å². The summed E-state index contributed by atoms with van der Waals surface area (Å²) >= 11 is 5.70. The van der Waals surface area contributed by atoms with Gasteiger partial charge in [-0.25, -0.2) is 0 Å². The molecular weight excluding hydrogens is 250 g/mol. The topological polar surface area (TPSA) is 47.9 Å². The van der Waals surface area contributed by atoms with Gasteiger partial charge < -0.3 is 4.74 Å². The maximum atomic E-state index is 5.86. The highest BCUT2D eigenvalue weighted by atomic mass is 35.5. The molecule has 0 spiro atoms. The summed E-state index contributed by atoms with van der Waals surface area (Å²) < 4.78 is 5.86. The fourth-order valence-corrected chi connectivity index (χ4v) is 2.43. The fraction of sp³-hybridized carbons (Fsp3) is 0.308. The molecule has 18 heavy (non-hydrogen) atoms. The van der Waals surface area contributed by atoms with E-state index in [-0.39, 0.29) is 11.4 Å². The molecule has 0 bridgehead atoms. The van der Waals surface area contributed by atoms with E-state index in [1.54, 1.807) is 0 Å². The molecule has 1 aromatic heterocycles. The molecule has 4 nitrogen and oxygen atoms in total. The summed E-state index contributed by atoms with van der Waals surface area (Å²) in [6.45, 7) is 0. The zero-order chi connectivity index (χ0) is 12.4. The van der Waals surface area contributed by atoms with Crippen LogP contribution >= 0.6 is 11.6 Å². The summed E-state index contributed by atoms with van der Waals surface area (Å²) in [5, 5.41) is 7.45. The van der Waals surface area contributed by atoms with Crippen LogP contribution in [0.15, 0.2) is 30.5 Å². The van der Waals surface area contributed by atoms with Gasteiger partial charge in [-0.15, -0.1) is 5.10 Å². The molecule has 0 aliphatic heterocycles. The molecular formula is C13H12ClN3O. The van der Waals surface area contributed by atoms with Crippen molar-refractivity contribution in [3.63, 3.8) is 0 Å². The van der Waals surface area contributed by atoms with Crippen LogP contribution in [-0.4, -0.2) is 15.2 Å². The van der Waals surface area contributed by atoms with E-state index >= 15 is 0 Å². The average molecular weight is 262 g/mol. The molecule has 1 heterocycles. The minimum atomic E-state index is 0.0303. The van der Waals surface area contributed by atoms with Crippen LogP contribution in [0.1, 0.15) is 30.1 Å². The number of aryl methyl sites for hydroxylation is 1. The normalized spacial score (nSPS) is 18.2. The molecule has 0 saturated heterocycles. The van der Waals surface area contributed by atoms with Crippen LogP contribution in [0.5, 0.6) is 5.88 Å². The van der Waals surface area contributed by atoms with Gasteiger partial charge in [-0.2, -0.15) is 10.1 Å². The van der Waals surface area contributed by atoms with Gasteiger partial charge in [0.2, 0.25) is 11.2 Å². The molecule has 2 aromatic rings. The second-order valence-electron chi connectivity index (χ2n) is 4.26. The highest BCUT2D eigenvalue weighted by Gasteiger charge is 2.21. The zero-order valence-electron chi connectivity index (χ0n) is 9.71. The van der Waals surface area contributed by atoms with Crippen LogP contribution < -0.4 is 4.74 Å².